The minimum absolute atomic E-state index is 0.0972. The van der Waals surface area contributed by atoms with Gasteiger partial charge in [0.15, 0.2) is 11.6 Å². The van der Waals surface area contributed by atoms with E-state index in [0.717, 1.165) is 43.2 Å². The van der Waals surface area contributed by atoms with Crippen LogP contribution in [0.3, 0.4) is 0 Å². The van der Waals surface area contributed by atoms with Gasteiger partial charge in [0, 0.05) is 6.54 Å². The van der Waals surface area contributed by atoms with Gasteiger partial charge < -0.3 is 43.2 Å². The first-order valence-electron chi connectivity index (χ1n) is 22.2. The molecule has 3 aromatic rings. The Labute approximate surface area is 361 Å². The summed E-state index contributed by atoms with van der Waals surface area (Å²) in [6.45, 7) is 0.556. The number of unbranched alkanes of at least 4 members (excludes halogenated alkanes) is 1. The molecule has 0 bridgehead atoms. The second-order valence-electron chi connectivity index (χ2n) is 17.0. The highest BCUT2D eigenvalue weighted by atomic mass is 16.3. The SMILES string of the molecule is CN[C@@H](Cc1ccccc1)C(=O)N[C@@H](CCCCN)C(=O)N1CCC[C@H]1C(=O)C(O)(C(=O)[C@H](N)CC1CCCCC1)[C@@H](Cc1ccccc1)NC(=O)[C@@H](N)Cc1ccccc1. The van der Waals surface area contributed by atoms with Gasteiger partial charge >= 0.3 is 0 Å². The van der Waals surface area contributed by atoms with Crippen LogP contribution >= 0.6 is 0 Å². The van der Waals surface area contributed by atoms with Gasteiger partial charge in [0.2, 0.25) is 23.3 Å². The van der Waals surface area contributed by atoms with Gasteiger partial charge in [-0.15, -0.1) is 0 Å². The maximum absolute atomic E-state index is 15.3. The minimum atomic E-state index is -2.84. The standard InChI is InChI=1S/C48H67N7O6/c1-52-40(31-35-21-10-4-11-22-35)46(59)53-39(25-14-15-27-49)47(60)55-28-16-26-41(55)44(57)48(61,43(56)37(50)29-33-17-6-2-7-18-33)42(32-36-23-12-5-13-24-36)54-45(58)38(51)30-34-19-8-3-9-20-34/h3-5,8-13,19-24,33,37-42,52,61H,2,6-7,14-18,25-32,49-51H2,1H3,(H,53,59)(H,54,58)/t37-,38+,39+,40+,41+,42-,48?/m1/s1. The molecule has 13 nitrogen and oxygen atoms in total. The van der Waals surface area contributed by atoms with Crippen molar-refractivity contribution in [1.82, 2.24) is 20.9 Å². The van der Waals surface area contributed by atoms with Crippen LogP contribution in [-0.4, -0.2) is 101 Å². The maximum atomic E-state index is 15.3. The number of carbonyl (C=O) groups excluding carboxylic acids is 5. The summed E-state index contributed by atoms with van der Waals surface area (Å²) < 4.78 is 0. The zero-order valence-electron chi connectivity index (χ0n) is 35.7. The van der Waals surface area contributed by atoms with E-state index in [4.69, 9.17) is 17.2 Å². The third-order valence-electron chi connectivity index (χ3n) is 12.5. The smallest absolute Gasteiger partial charge is 0.245 e. The Hall–Kier alpha value is -4.79. The van der Waals surface area contributed by atoms with E-state index in [-0.39, 0.29) is 50.5 Å². The number of Topliss-reactive ketones (excluding diaryl/α,β-unsaturated/α-hetero) is 2. The summed E-state index contributed by atoms with van der Waals surface area (Å²) in [5, 5.41) is 22.0. The molecule has 13 heteroatoms. The van der Waals surface area contributed by atoms with Crippen LogP contribution in [0.25, 0.3) is 0 Å². The molecule has 10 N–H and O–H groups in total. The van der Waals surface area contributed by atoms with E-state index in [1.165, 1.54) is 4.90 Å². The van der Waals surface area contributed by atoms with Crippen molar-refractivity contribution in [3.63, 3.8) is 0 Å². The molecule has 2 fully saturated rings. The third kappa shape index (κ3) is 12.9. The van der Waals surface area contributed by atoms with Crippen LogP contribution in [0.2, 0.25) is 0 Å². The fourth-order valence-electron chi connectivity index (χ4n) is 8.98. The second-order valence-corrected chi connectivity index (χ2v) is 17.0. The molecule has 3 aromatic carbocycles. The summed E-state index contributed by atoms with van der Waals surface area (Å²) in [6, 6.07) is 21.1. The van der Waals surface area contributed by atoms with E-state index in [0.29, 0.717) is 37.8 Å². The number of carbonyl (C=O) groups is 5. The third-order valence-corrected chi connectivity index (χ3v) is 12.5. The number of hydrogen-bond acceptors (Lipinski definition) is 10. The monoisotopic (exact) mass is 838 g/mol. The van der Waals surface area contributed by atoms with E-state index in [9.17, 15) is 24.3 Å². The molecule has 3 amide bonds. The number of hydrogen-bond donors (Lipinski definition) is 7. The van der Waals surface area contributed by atoms with Crippen molar-refractivity contribution in [2.45, 2.75) is 132 Å². The fraction of sp³-hybridized carbons (Fsp3) is 0.521. The zero-order chi connectivity index (χ0) is 43.8. The number of nitrogens with two attached hydrogens (primary N) is 3. The van der Waals surface area contributed by atoms with Gasteiger partial charge in [0.25, 0.3) is 0 Å². The second kappa shape index (κ2) is 23.4. The quantitative estimate of drug-likeness (QED) is 0.0547. The average molecular weight is 838 g/mol. The van der Waals surface area contributed by atoms with Crippen LogP contribution in [0.1, 0.15) is 87.3 Å². The first kappa shape index (κ1) is 47.3. The predicted octanol–water partition coefficient (Wildman–Crippen LogP) is 2.89. The van der Waals surface area contributed by atoms with Crippen molar-refractivity contribution in [3.05, 3.63) is 108 Å². The van der Waals surface area contributed by atoms with Crippen LogP contribution < -0.4 is 33.2 Å². The zero-order valence-corrected chi connectivity index (χ0v) is 35.7. The fourth-order valence-corrected chi connectivity index (χ4v) is 8.98. The molecule has 1 aliphatic heterocycles. The molecule has 0 aromatic heterocycles. The average Bonchev–Trinajstić information content (AvgIpc) is 3.78. The number of likely N-dealkylation sites (tertiary alicyclic amines) is 1. The minimum Gasteiger partial charge on any atom is -0.373 e. The molecule has 0 radical (unpaired) electrons. The lowest BCUT2D eigenvalue weighted by molar-refractivity contribution is -0.161. The van der Waals surface area contributed by atoms with E-state index >= 15 is 4.79 Å². The molecule has 1 aliphatic carbocycles. The Kier molecular flexibility index (Phi) is 18.2. The molecule has 5 rings (SSSR count). The van der Waals surface area contributed by atoms with Crippen LogP contribution in [0.15, 0.2) is 91.0 Å². The molecule has 330 valence electrons. The first-order chi connectivity index (χ1) is 29.5. The van der Waals surface area contributed by atoms with E-state index in [1.807, 2.05) is 66.7 Å². The van der Waals surface area contributed by atoms with E-state index < -0.39 is 65.2 Å². The van der Waals surface area contributed by atoms with Gasteiger partial charge in [0.1, 0.15) is 6.04 Å². The van der Waals surface area contributed by atoms with Gasteiger partial charge in [0.05, 0.1) is 30.2 Å². The summed E-state index contributed by atoms with van der Waals surface area (Å²) in [5.41, 5.74) is 18.6. The van der Waals surface area contributed by atoms with Crippen LogP contribution in [0, 0.1) is 5.92 Å². The number of aliphatic hydroxyl groups is 1. The van der Waals surface area contributed by atoms with Crippen molar-refractivity contribution >= 4 is 29.3 Å². The van der Waals surface area contributed by atoms with Crippen molar-refractivity contribution in [1.29, 1.82) is 0 Å². The highest BCUT2D eigenvalue weighted by Crippen LogP contribution is 2.32. The Balaban J connectivity index is 1.48. The number of amides is 3. The van der Waals surface area contributed by atoms with Crippen LogP contribution in [0.4, 0.5) is 0 Å². The van der Waals surface area contributed by atoms with E-state index in [1.54, 1.807) is 31.3 Å². The number of benzene rings is 3. The first-order valence-corrected chi connectivity index (χ1v) is 22.2. The van der Waals surface area contributed by atoms with Gasteiger partial charge in [-0.1, -0.05) is 123 Å². The Morgan fingerprint density at radius 2 is 1.28 bits per heavy atom. The molecular weight excluding hydrogens is 771 g/mol. The molecule has 61 heavy (non-hydrogen) atoms. The van der Waals surface area contributed by atoms with Crippen molar-refractivity contribution in [2.75, 3.05) is 20.1 Å². The number of ketones is 2. The van der Waals surface area contributed by atoms with Crippen molar-refractivity contribution < 1.29 is 29.1 Å². The Morgan fingerprint density at radius 3 is 1.85 bits per heavy atom. The topological polar surface area (TPSA) is 223 Å². The summed E-state index contributed by atoms with van der Waals surface area (Å²) in [4.78, 5) is 74.2. The Bertz CT molecular complexity index is 1860. The summed E-state index contributed by atoms with van der Waals surface area (Å²) in [6.07, 6.45) is 7.59. The number of likely N-dealkylation sites (N-methyl/N-ethyl adjacent to an activating group) is 1. The molecule has 7 atom stereocenters. The van der Waals surface area contributed by atoms with Crippen LogP contribution in [0.5, 0.6) is 0 Å². The molecule has 0 spiro atoms. The predicted molar refractivity (Wildman–Crippen MR) is 237 cm³/mol. The number of nitrogens with zero attached hydrogens (tertiary/aromatic N) is 1. The molecule has 1 saturated heterocycles. The summed E-state index contributed by atoms with van der Waals surface area (Å²) in [5.74, 6) is -3.20. The molecular formula is C48H67N7O6. The Morgan fingerprint density at radius 1 is 0.705 bits per heavy atom. The molecule has 1 heterocycles. The summed E-state index contributed by atoms with van der Waals surface area (Å²) in [7, 11) is 1.68. The number of nitrogens with one attached hydrogen (secondary N) is 3. The van der Waals surface area contributed by atoms with Gasteiger partial charge in [-0.25, -0.2) is 0 Å². The summed E-state index contributed by atoms with van der Waals surface area (Å²) >= 11 is 0. The van der Waals surface area contributed by atoms with E-state index in [2.05, 4.69) is 16.0 Å². The highest BCUT2D eigenvalue weighted by Gasteiger charge is 2.57. The normalized spacial score (nSPS) is 19.2. The lowest BCUT2D eigenvalue weighted by Crippen LogP contribution is -2.70. The van der Waals surface area contributed by atoms with Crippen molar-refractivity contribution in [2.24, 2.45) is 23.1 Å². The van der Waals surface area contributed by atoms with Crippen molar-refractivity contribution in [3.8, 4) is 0 Å². The molecule has 1 unspecified atom stereocenters. The molecule has 2 aliphatic rings. The van der Waals surface area contributed by atoms with Crippen LogP contribution in [-0.2, 0) is 43.2 Å². The van der Waals surface area contributed by atoms with Gasteiger partial charge in [-0.2, -0.15) is 0 Å². The lowest BCUT2D eigenvalue weighted by Gasteiger charge is -2.40. The van der Waals surface area contributed by atoms with Gasteiger partial charge in [-0.3, -0.25) is 24.0 Å². The van der Waals surface area contributed by atoms with Gasteiger partial charge in [-0.05, 0) is 94.0 Å². The maximum Gasteiger partial charge on any atom is 0.245 e. The molecule has 1 saturated carbocycles. The highest BCUT2D eigenvalue weighted by molar-refractivity contribution is 6.16. The lowest BCUT2D eigenvalue weighted by atomic mass is 9.74. The number of rotatable bonds is 23. The largest absolute Gasteiger partial charge is 0.373 e.